The van der Waals surface area contributed by atoms with Gasteiger partial charge in [-0.3, -0.25) is 9.59 Å². The van der Waals surface area contributed by atoms with Crippen LogP contribution in [0.3, 0.4) is 0 Å². The van der Waals surface area contributed by atoms with Crippen LogP contribution in [-0.4, -0.2) is 49.0 Å². The first-order valence-corrected chi connectivity index (χ1v) is 9.44. The van der Waals surface area contributed by atoms with E-state index in [1.165, 1.54) is 5.01 Å². The second kappa shape index (κ2) is 9.30. The van der Waals surface area contributed by atoms with Gasteiger partial charge in [0.1, 0.15) is 5.75 Å². The molecular formula is C22H24N2O6. The monoisotopic (exact) mass is 412 g/mol. The number of carboxylic acid groups (broad SMARTS) is 1. The molecule has 1 N–H and O–H groups in total. The van der Waals surface area contributed by atoms with Gasteiger partial charge in [0, 0.05) is 18.4 Å². The third-order valence-corrected chi connectivity index (χ3v) is 4.94. The van der Waals surface area contributed by atoms with E-state index in [1.807, 2.05) is 36.4 Å². The molecule has 0 fully saturated rings. The minimum absolute atomic E-state index is 0.120. The molecule has 3 rings (SSSR count). The van der Waals surface area contributed by atoms with Crippen molar-refractivity contribution >= 4 is 17.6 Å². The number of nitrogens with zero attached hydrogens (tertiary/aromatic N) is 2. The van der Waals surface area contributed by atoms with E-state index in [0.717, 1.165) is 11.1 Å². The van der Waals surface area contributed by atoms with E-state index in [1.54, 1.807) is 27.4 Å². The van der Waals surface area contributed by atoms with Crippen LogP contribution in [0, 0.1) is 0 Å². The highest BCUT2D eigenvalue weighted by atomic mass is 16.5. The molecule has 0 saturated carbocycles. The van der Waals surface area contributed by atoms with Crippen LogP contribution in [0.15, 0.2) is 47.6 Å². The minimum atomic E-state index is -1.02. The molecule has 2 aromatic rings. The first-order chi connectivity index (χ1) is 14.5. The van der Waals surface area contributed by atoms with Crippen molar-refractivity contribution in [1.29, 1.82) is 0 Å². The van der Waals surface area contributed by atoms with E-state index < -0.39 is 5.97 Å². The lowest BCUT2D eigenvalue weighted by Gasteiger charge is -2.22. The number of benzene rings is 2. The molecule has 0 saturated heterocycles. The van der Waals surface area contributed by atoms with Crippen LogP contribution >= 0.6 is 0 Å². The van der Waals surface area contributed by atoms with E-state index in [0.29, 0.717) is 29.4 Å². The van der Waals surface area contributed by atoms with E-state index >= 15 is 0 Å². The molecular weight excluding hydrogens is 388 g/mol. The summed E-state index contributed by atoms with van der Waals surface area (Å²) in [5.41, 5.74) is 2.40. The zero-order chi connectivity index (χ0) is 21.7. The maximum absolute atomic E-state index is 12.7. The van der Waals surface area contributed by atoms with Crippen LogP contribution in [0.2, 0.25) is 0 Å². The summed E-state index contributed by atoms with van der Waals surface area (Å²) in [5, 5.41) is 14.9. The van der Waals surface area contributed by atoms with Gasteiger partial charge in [-0.1, -0.05) is 12.1 Å². The fourth-order valence-corrected chi connectivity index (χ4v) is 3.34. The molecule has 158 valence electrons. The van der Waals surface area contributed by atoms with Gasteiger partial charge in [0.25, 0.3) is 0 Å². The summed E-state index contributed by atoms with van der Waals surface area (Å²) < 4.78 is 15.9. The fourth-order valence-electron chi connectivity index (χ4n) is 3.34. The Morgan fingerprint density at radius 2 is 1.70 bits per heavy atom. The van der Waals surface area contributed by atoms with Gasteiger partial charge in [0.05, 0.1) is 39.5 Å². The predicted molar refractivity (Wildman–Crippen MR) is 110 cm³/mol. The Hall–Kier alpha value is -3.55. The lowest BCUT2D eigenvalue weighted by atomic mass is 9.98. The molecule has 1 heterocycles. The zero-order valence-electron chi connectivity index (χ0n) is 17.1. The van der Waals surface area contributed by atoms with Crippen LogP contribution < -0.4 is 14.2 Å². The largest absolute Gasteiger partial charge is 0.497 e. The SMILES string of the molecule is COc1ccc([C@@H]2CC(c3ccc(OC)c(OC)c3)=NN2C(=O)CCC(=O)O)cc1. The van der Waals surface area contributed by atoms with E-state index in [2.05, 4.69) is 5.10 Å². The Morgan fingerprint density at radius 3 is 2.30 bits per heavy atom. The van der Waals surface area contributed by atoms with Crippen molar-refractivity contribution in [3.63, 3.8) is 0 Å². The zero-order valence-corrected chi connectivity index (χ0v) is 17.1. The van der Waals surface area contributed by atoms with Crippen molar-refractivity contribution in [1.82, 2.24) is 5.01 Å². The number of carbonyl (C=O) groups is 2. The summed E-state index contributed by atoms with van der Waals surface area (Å²) in [4.78, 5) is 23.7. The number of amides is 1. The van der Waals surface area contributed by atoms with Crippen molar-refractivity contribution in [3.8, 4) is 17.2 Å². The number of hydrogen-bond acceptors (Lipinski definition) is 6. The predicted octanol–water partition coefficient (Wildman–Crippen LogP) is 3.25. The highest BCUT2D eigenvalue weighted by Gasteiger charge is 2.33. The van der Waals surface area contributed by atoms with Gasteiger partial charge in [0.15, 0.2) is 11.5 Å². The summed E-state index contributed by atoms with van der Waals surface area (Å²) in [6, 6.07) is 12.5. The topological polar surface area (TPSA) is 97.7 Å². The fraction of sp³-hybridized carbons (Fsp3) is 0.318. The van der Waals surface area contributed by atoms with Crippen LogP contribution in [0.25, 0.3) is 0 Å². The third-order valence-electron chi connectivity index (χ3n) is 4.94. The number of hydrogen-bond donors (Lipinski definition) is 1. The molecule has 0 aliphatic carbocycles. The van der Waals surface area contributed by atoms with Gasteiger partial charge in [-0.15, -0.1) is 0 Å². The third kappa shape index (κ3) is 4.53. The number of hydrazone groups is 1. The van der Waals surface area contributed by atoms with Crippen molar-refractivity contribution in [2.24, 2.45) is 5.10 Å². The Balaban J connectivity index is 1.93. The normalized spacial score (nSPS) is 15.5. The van der Waals surface area contributed by atoms with Crippen molar-refractivity contribution < 1.29 is 28.9 Å². The second-order valence-corrected chi connectivity index (χ2v) is 6.74. The Labute approximate surface area is 174 Å². The van der Waals surface area contributed by atoms with E-state index in [4.69, 9.17) is 19.3 Å². The van der Waals surface area contributed by atoms with Crippen molar-refractivity contribution in [2.45, 2.75) is 25.3 Å². The molecule has 1 amide bonds. The number of rotatable bonds is 8. The van der Waals surface area contributed by atoms with Crippen LogP contribution in [0.1, 0.15) is 36.4 Å². The van der Waals surface area contributed by atoms with Crippen LogP contribution in [0.5, 0.6) is 17.2 Å². The molecule has 1 atom stereocenters. The summed E-state index contributed by atoms with van der Waals surface area (Å²) >= 11 is 0. The smallest absolute Gasteiger partial charge is 0.303 e. The Bertz CT molecular complexity index is 955. The van der Waals surface area contributed by atoms with E-state index in [-0.39, 0.29) is 24.8 Å². The first kappa shape index (κ1) is 21.2. The number of carboxylic acids is 1. The molecule has 30 heavy (non-hydrogen) atoms. The molecule has 0 unspecified atom stereocenters. The summed E-state index contributed by atoms with van der Waals surface area (Å²) in [6.45, 7) is 0. The highest BCUT2D eigenvalue weighted by Crippen LogP contribution is 2.36. The van der Waals surface area contributed by atoms with Gasteiger partial charge in [0.2, 0.25) is 5.91 Å². The molecule has 1 aliphatic rings. The quantitative estimate of drug-likeness (QED) is 0.715. The maximum atomic E-state index is 12.7. The molecule has 8 heteroatoms. The maximum Gasteiger partial charge on any atom is 0.303 e. The summed E-state index contributed by atoms with van der Waals surface area (Å²) in [5.74, 6) is 0.512. The molecule has 1 aliphatic heterocycles. The van der Waals surface area contributed by atoms with Gasteiger partial charge in [-0.25, -0.2) is 5.01 Å². The number of ether oxygens (including phenoxy) is 3. The summed E-state index contributed by atoms with van der Waals surface area (Å²) in [6.07, 6.45) is 0.122. The molecule has 0 aromatic heterocycles. The van der Waals surface area contributed by atoms with E-state index in [9.17, 15) is 9.59 Å². The average molecular weight is 412 g/mol. The molecule has 2 aromatic carbocycles. The highest BCUT2D eigenvalue weighted by molar-refractivity contribution is 6.03. The number of aliphatic carboxylic acids is 1. The number of carbonyl (C=O) groups excluding carboxylic acids is 1. The minimum Gasteiger partial charge on any atom is -0.497 e. The van der Waals surface area contributed by atoms with Crippen LogP contribution in [0.4, 0.5) is 0 Å². The lowest BCUT2D eigenvalue weighted by Crippen LogP contribution is -2.27. The lowest BCUT2D eigenvalue weighted by molar-refractivity contribution is -0.141. The van der Waals surface area contributed by atoms with Crippen molar-refractivity contribution in [2.75, 3.05) is 21.3 Å². The standard InChI is InChI=1S/C22H24N2O6/c1-28-16-7-4-14(5-8-16)18-13-17(23-24(18)21(25)10-11-22(26)27)15-6-9-19(29-2)20(12-15)30-3/h4-9,12,18H,10-11,13H2,1-3H3,(H,26,27)/t18-/m0/s1. The molecule has 0 radical (unpaired) electrons. The second-order valence-electron chi connectivity index (χ2n) is 6.74. The molecule has 8 nitrogen and oxygen atoms in total. The van der Waals surface area contributed by atoms with Gasteiger partial charge in [-0.2, -0.15) is 5.10 Å². The number of methoxy groups -OCH3 is 3. The first-order valence-electron chi connectivity index (χ1n) is 9.44. The average Bonchev–Trinajstić information content (AvgIpc) is 3.22. The molecule has 0 bridgehead atoms. The summed E-state index contributed by atoms with van der Waals surface area (Å²) in [7, 11) is 4.71. The van der Waals surface area contributed by atoms with Gasteiger partial charge < -0.3 is 19.3 Å². The van der Waals surface area contributed by atoms with Crippen LogP contribution in [-0.2, 0) is 9.59 Å². The van der Waals surface area contributed by atoms with Gasteiger partial charge in [-0.05, 0) is 35.9 Å². The van der Waals surface area contributed by atoms with Crippen molar-refractivity contribution in [3.05, 3.63) is 53.6 Å². The Kier molecular flexibility index (Phi) is 6.56. The molecule has 0 spiro atoms. The van der Waals surface area contributed by atoms with Gasteiger partial charge >= 0.3 is 5.97 Å². The Morgan fingerprint density at radius 1 is 1.00 bits per heavy atom.